The van der Waals surface area contributed by atoms with Gasteiger partial charge in [0.1, 0.15) is 5.69 Å². The molecule has 0 aliphatic rings. The third kappa shape index (κ3) is 4.30. The van der Waals surface area contributed by atoms with E-state index in [1.165, 1.54) is 0 Å². The van der Waals surface area contributed by atoms with Gasteiger partial charge in [0, 0.05) is 31.2 Å². The fraction of sp³-hybridized carbons (Fsp3) is 0.294. The lowest BCUT2D eigenvalue weighted by Gasteiger charge is -2.10. The number of hydrogen-bond donors (Lipinski definition) is 2. The highest BCUT2D eigenvalue weighted by molar-refractivity contribution is 6.03. The first kappa shape index (κ1) is 16.0. The molecule has 2 N–H and O–H groups in total. The van der Waals surface area contributed by atoms with Gasteiger partial charge in [0.2, 0.25) is 0 Å². The van der Waals surface area contributed by atoms with E-state index in [2.05, 4.69) is 22.5 Å². The molecule has 0 spiro atoms. The van der Waals surface area contributed by atoms with E-state index in [-0.39, 0.29) is 5.91 Å². The number of aromatic nitrogens is 1. The van der Waals surface area contributed by atoms with Gasteiger partial charge in [-0.05, 0) is 30.2 Å². The number of hydrogen-bond acceptors (Lipinski definition) is 4. The number of pyridine rings is 1. The molecule has 22 heavy (non-hydrogen) atoms. The highest BCUT2D eigenvalue weighted by Gasteiger charge is 2.10. The van der Waals surface area contributed by atoms with Gasteiger partial charge in [-0.15, -0.1) is 0 Å². The zero-order chi connectivity index (χ0) is 15.8. The van der Waals surface area contributed by atoms with Crippen molar-refractivity contribution in [3.63, 3.8) is 0 Å². The standard InChI is InChI=1S/C17H21N3O2/c1-3-13-6-4-5-7-15(13)20-17(21)16-12-14(8-9-19-16)18-10-11-22-2/h4-9,12H,3,10-11H2,1-2H3,(H,18,19)(H,20,21). The topological polar surface area (TPSA) is 63.2 Å². The van der Waals surface area contributed by atoms with Crippen molar-refractivity contribution in [3.05, 3.63) is 53.9 Å². The smallest absolute Gasteiger partial charge is 0.274 e. The SMILES string of the molecule is CCc1ccccc1NC(=O)c1cc(NCCOC)ccn1. The molecular formula is C17H21N3O2. The fourth-order valence-corrected chi connectivity index (χ4v) is 2.10. The lowest BCUT2D eigenvalue weighted by molar-refractivity contribution is 0.102. The quantitative estimate of drug-likeness (QED) is 0.772. The van der Waals surface area contributed by atoms with Crippen LogP contribution < -0.4 is 10.6 Å². The van der Waals surface area contributed by atoms with Gasteiger partial charge in [-0.1, -0.05) is 25.1 Å². The predicted molar refractivity (Wildman–Crippen MR) is 88.4 cm³/mol. The van der Waals surface area contributed by atoms with Crippen molar-refractivity contribution in [1.82, 2.24) is 4.98 Å². The molecule has 0 radical (unpaired) electrons. The number of rotatable bonds is 7. The van der Waals surface area contributed by atoms with Crippen LogP contribution in [0.4, 0.5) is 11.4 Å². The summed E-state index contributed by atoms with van der Waals surface area (Å²) in [5, 5.41) is 6.10. The average molecular weight is 299 g/mol. The van der Waals surface area contributed by atoms with Crippen LogP contribution in [0.25, 0.3) is 0 Å². The molecule has 1 amide bonds. The zero-order valence-electron chi connectivity index (χ0n) is 12.9. The minimum atomic E-state index is -0.212. The largest absolute Gasteiger partial charge is 0.383 e. The Hall–Kier alpha value is -2.40. The number of amides is 1. The number of benzene rings is 1. The molecular weight excluding hydrogens is 278 g/mol. The number of methoxy groups -OCH3 is 1. The molecule has 2 rings (SSSR count). The van der Waals surface area contributed by atoms with E-state index in [0.717, 1.165) is 23.4 Å². The van der Waals surface area contributed by atoms with E-state index in [1.807, 2.05) is 30.3 Å². The molecule has 0 aliphatic heterocycles. The first-order valence-corrected chi connectivity index (χ1v) is 7.32. The zero-order valence-corrected chi connectivity index (χ0v) is 12.9. The van der Waals surface area contributed by atoms with Crippen molar-refractivity contribution in [2.24, 2.45) is 0 Å². The Kier molecular flexibility index (Phi) is 5.91. The van der Waals surface area contributed by atoms with Crippen LogP contribution in [0.1, 0.15) is 23.0 Å². The lowest BCUT2D eigenvalue weighted by atomic mass is 10.1. The first-order chi connectivity index (χ1) is 10.7. The van der Waals surface area contributed by atoms with E-state index in [9.17, 15) is 4.79 Å². The molecule has 116 valence electrons. The van der Waals surface area contributed by atoms with E-state index in [4.69, 9.17) is 4.74 Å². The Balaban J connectivity index is 2.07. The number of para-hydroxylation sites is 1. The summed E-state index contributed by atoms with van der Waals surface area (Å²) in [6.07, 6.45) is 2.48. The van der Waals surface area contributed by atoms with Gasteiger partial charge in [-0.2, -0.15) is 0 Å². The van der Waals surface area contributed by atoms with Crippen molar-refractivity contribution in [2.45, 2.75) is 13.3 Å². The van der Waals surface area contributed by atoms with E-state index < -0.39 is 0 Å². The summed E-state index contributed by atoms with van der Waals surface area (Å²) < 4.78 is 4.99. The number of nitrogens with zero attached hydrogens (tertiary/aromatic N) is 1. The highest BCUT2D eigenvalue weighted by atomic mass is 16.5. The number of nitrogens with one attached hydrogen (secondary N) is 2. The molecule has 0 aliphatic carbocycles. The third-order valence-corrected chi connectivity index (χ3v) is 3.27. The van der Waals surface area contributed by atoms with Crippen LogP contribution >= 0.6 is 0 Å². The molecule has 0 bridgehead atoms. The summed E-state index contributed by atoms with van der Waals surface area (Å²) in [7, 11) is 1.65. The maximum atomic E-state index is 12.3. The lowest BCUT2D eigenvalue weighted by Crippen LogP contribution is -2.15. The molecule has 0 atom stereocenters. The van der Waals surface area contributed by atoms with Crippen LogP contribution in [0.5, 0.6) is 0 Å². The highest BCUT2D eigenvalue weighted by Crippen LogP contribution is 2.17. The first-order valence-electron chi connectivity index (χ1n) is 7.32. The van der Waals surface area contributed by atoms with Crippen molar-refractivity contribution in [2.75, 3.05) is 30.9 Å². The molecule has 2 aromatic rings. The summed E-state index contributed by atoms with van der Waals surface area (Å²) in [5.41, 5.74) is 3.16. The van der Waals surface area contributed by atoms with E-state index in [1.54, 1.807) is 19.4 Å². The van der Waals surface area contributed by atoms with Crippen molar-refractivity contribution >= 4 is 17.3 Å². The molecule has 1 aromatic heterocycles. The molecule has 0 fully saturated rings. The molecule has 0 saturated carbocycles. The predicted octanol–water partition coefficient (Wildman–Crippen LogP) is 2.95. The van der Waals surface area contributed by atoms with E-state index >= 15 is 0 Å². The third-order valence-electron chi connectivity index (χ3n) is 3.27. The Morgan fingerprint density at radius 1 is 1.27 bits per heavy atom. The molecule has 1 aromatic carbocycles. The number of ether oxygens (including phenoxy) is 1. The molecule has 5 heteroatoms. The molecule has 5 nitrogen and oxygen atoms in total. The van der Waals surface area contributed by atoms with Crippen LogP contribution in [0.2, 0.25) is 0 Å². The normalized spacial score (nSPS) is 10.3. The van der Waals surface area contributed by atoms with Crippen molar-refractivity contribution in [3.8, 4) is 0 Å². The maximum absolute atomic E-state index is 12.3. The monoisotopic (exact) mass is 299 g/mol. The van der Waals surface area contributed by atoms with Crippen LogP contribution in [-0.2, 0) is 11.2 Å². The Morgan fingerprint density at radius 2 is 2.09 bits per heavy atom. The second-order valence-electron chi connectivity index (χ2n) is 4.81. The summed E-state index contributed by atoms with van der Waals surface area (Å²) in [6.45, 7) is 3.34. The minimum absolute atomic E-state index is 0.212. The maximum Gasteiger partial charge on any atom is 0.274 e. The van der Waals surface area contributed by atoms with Crippen LogP contribution in [0.3, 0.4) is 0 Å². The van der Waals surface area contributed by atoms with Gasteiger partial charge in [0.05, 0.1) is 6.61 Å². The van der Waals surface area contributed by atoms with Gasteiger partial charge in [-0.25, -0.2) is 0 Å². The Morgan fingerprint density at radius 3 is 2.86 bits per heavy atom. The number of carbonyl (C=O) groups excluding carboxylic acids is 1. The molecule has 0 unspecified atom stereocenters. The van der Waals surface area contributed by atoms with Gasteiger partial charge in [-0.3, -0.25) is 9.78 Å². The van der Waals surface area contributed by atoms with Crippen LogP contribution in [0, 0.1) is 0 Å². The average Bonchev–Trinajstić information content (AvgIpc) is 2.56. The fourth-order valence-electron chi connectivity index (χ4n) is 2.10. The second kappa shape index (κ2) is 8.14. The Labute approximate surface area is 130 Å². The summed E-state index contributed by atoms with van der Waals surface area (Å²) in [5.74, 6) is -0.212. The second-order valence-corrected chi connectivity index (χ2v) is 4.81. The van der Waals surface area contributed by atoms with E-state index in [0.29, 0.717) is 18.8 Å². The van der Waals surface area contributed by atoms with Gasteiger partial charge < -0.3 is 15.4 Å². The van der Waals surface area contributed by atoms with Gasteiger partial charge in [0.15, 0.2) is 0 Å². The Bertz CT molecular complexity index is 629. The summed E-state index contributed by atoms with van der Waals surface area (Å²) in [6, 6.07) is 11.3. The molecule has 0 saturated heterocycles. The van der Waals surface area contributed by atoms with Gasteiger partial charge >= 0.3 is 0 Å². The summed E-state index contributed by atoms with van der Waals surface area (Å²) in [4.78, 5) is 16.5. The van der Waals surface area contributed by atoms with Gasteiger partial charge in [0.25, 0.3) is 5.91 Å². The van der Waals surface area contributed by atoms with Crippen LogP contribution in [-0.4, -0.2) is 31.2 Å². The summed E-state index contributed by atoms with van der Waals surface area (Å²) >= 11 is 0. The van der Waals surface area contributed by atoms with Crippen molar-refractivity contribution < 1.29 is 9.53 Å². The number of anilines is 2. The molecule has 1 heterocycles. The number of aryl methyl sites for hydroxylation is 1. The van der Waals surface area contributed by atoms with Crippen LogP contribution in [0.15, 0.2) is 42.6 Å². The van der Waals surface area contributed by atoms with Crippen molar-refractivity contribution in [1.29, 1.82) is 0 Å². The minimum Gasteiger partial charge on any atom is -0.383 e. The number of carbonyl (C=O) groups is 1.